The number of nitrogens with zero attached hydrogens (tertiary/aromatic N) is 1. The number of aromatic nitrogens is 1. The Morgan fingerprint density at radius 2 is 1.50 bits per heavy atom. The van der Waals surface area contributed by atoms with Crippen molar-refractivity contribution in [1.82, 2.24) is 4.98 Å². The zero-order valence-electron chi connectivity index (χ0n) is 16.8. The molecule has 0 unspecified atom stereocenters. The molecular weight excluding hydrogens is 338 g/mol. The SMILES string of the molecule is CC(C)(C)c1cc(-c2cc3c(cn2)CCc2ccccc2-3)cc2ccccc12. The van der Waals surface area contributed by atoms with Crippen molar-refractivity contribution < 1.29 is 0 Å². The minimum Gasteiger partial charge on any atom is -0.256 e. The molecule has 1 nitrogen and oxygen atoms in total. The van der Waals surface area contributed by atoms with Gasteiger partial charge in [-0.3, -0.25) is 4.98 Å². The van der Waals surface area contributed by atoms with Gasteiger partial charge in [-0.05, 0) is 75.0 Å². The van der Waals surface area contributed by atoms with Crippen LogP contribution in [-0.4, -0.2) is 4.98 Å². The van der Waals surface area contributed by atoms with E-state index in [9.17, 15) is 0 Å². The van der Waals surface area contributed by atoms with Crippen LogP contribution in [0.15, 0.2) is 72.9 Å². The Morgan fingerprint density at radius 3 is 2.36 bits per heavy atom. The van der Waals surface area contributed by atoms with Crippen LogP contribution in [-0.2, 0) is 18.3 Å². The van der Waals surface area contributed by atoms with Gasteiger partial charge >= 0.3 is 0 Å². The van der Waals surface area contributed by atoms with Gasteiger partial charge in [0.05, 0.1) is 5.69 Å². The van der Waals surface area contributed by atoms with Crippen molar-refractivity contribution in [3.63, 3.8) is 0 Å². The fourth-order valence-electron chi connectivity index (χ4n) is 4.44. The number of fused-ring (bicyclic) bond motifs is 4. The second kappa shape index (κ2) is 6.31. The monoisotopic (exact) mass is 363 g/mol. The summed E-state index contributed by atoms with van der Waals surface area (Å²) in [7, 11) is 0. The third-order valence-corrected chi connectivity index (χ3v) is 5.92. The Hall–Kier alpha value is -2.93. The predicted molar refractivity (Wildman–Crippen MR) is 119 cm³/mol. The standard InChI is InChI=1S/C27H25N/c1-27(2,3)25-15-21(14-19-9-5-7-11-23(19)25)26-16-24-20(17-28-26)13-12-18-8-4-6-10-22(18)24/h4-11,14-17H,12-13H2,1-3H3. The van der Waals surface area contributed by atoms with Gasteiger partial charge in [0, 0.05) is 11.8 Å². The Kier molecular flexibility index (Phi) is 3.87. The molecule has 1 heterocycles. The molecule has 4 aromatic rings. The minimum atomic E-state index is 0.0798. The summed E-state index contributed by atoms with van der Waals surface area (Å²) in [5.41, 5.74) is 9.24. The van der Waals surface area contributed by atoms with Gasteiger partial charge in [0.25, 0.3) is 0 Å². The lowest BCUT2D eigenvalue weighted by molar-refractivity contribution is 0.596. The molecule has 1 aromatic heterocycles. The molecule has 0 fully saturated rings. The number of pyridine rings is 1. The molecule has 5 rings (SSSR count). The molecule has 0 spiro atoms. The lowest BCUT2D eigenvalue weighted by Crippen LogP contribution is -2.12. The molecule has 0 N–H and O–H groups in total. The summed E-state index contributed by atoms with van der Waals surface area (Å²) >= 11 is 0. The largest absolute Gasteiger partial charge is 0.256 e. The molecule has 0 aliphatic heterocycles. The highest BCUT2D eigenvalue weighted by molar-refractivity contribution is 5.91. The van der Waals surface area contributed by atoms with Crippen LogP contribution in [0.25, 0.3) is 33.2 Å². The van der Waals surface area contributed by atoms with Crippen molar-refractivity contribution in [3.8, 4) is 22.4 Å². The van der Waals surface area contributed by atoms with Gasteiger partial charge in [-0.1, -0.05) is 69.3 Å². The first-order valence-corrected chi connectivity index (χ1v) is 10.1. The molecule has 1 aliphatic carbocycles. The second-order valence-electron chi connectivity index (χ2n) is 8.88. The number of rotatable bonds is 1. The molecule has 0 saturated heterocycles. The van der Waals surface area contributed by atoms with Crippen LogP contribution in [0.2, 0.25) is 0 Å². The van der Waals surface area contributed by atoms with Gasteiger partial charge < -0.3 is 0 Å². The third kappa shape index (κ3) is 2.82. The Morgan fingerprint density at radius 1 is 0.750 bits per heavy atom. The average molecular weight is 364 g/mol. The summed E-state index contributed by atoms with van der Waals surface area (Å²) in [6.07, 6.45) is 4.27. The van der Waals surface area contributed by atoms with Gasteiger partial charge in [-0.15, -0.1) is 0 Å². The summed E-state index contributed by atoms with van der Waals surface area (Å²) in [5, 5.41) is 2.62. The van der Waals surface area contributed by atoms with E-state index in [1.165, 1.54) is 44.2 Å². The Balaban J connectivity index is 1.72. The average Bonchev–Trinajstić information content (AvgIpc) is 2.71. The van der Waals surface area contributed by atoms with E-state index >= 15 is 0 Å². The van der Waals surface area contributed by atoms with E-state index in [0.29, 0.717) is 0 Å². The molecule has 1 heteroatoms. The summed E-state index contributed by atoms with van der Waals surface area (Å²) in [5.74, 6) is 0. The summed E-state index contributed by atoms with van der Waals surface area (Å²) in [4.78, 5) is 4.87. The highest BCUT2D eigenvalue weighted by atomic mass is 14.7. The van der Waals surface area contributed by atoms with E-state index in [-0.39, 0.29) is 5.41 Å². The van der Waals surface area contributed by atoms with Gasteiger partial charge in [-0.25, -0.2) is 0 Å². The number of benzene rings is 3. The van der Waals surface area contributed by atoms with Crippen molar-refractivity contribution in [2.75, 3.05) is 0 Å². The van der Waals surface area contributed by atoms with E-state index in [2.05, 4.69) is 93.7 Å². The molecule has 0 bridgehead atoms. The van der Waals surface area contributed by atoms with E-state index in [1.807, 2.05) is 0 Å². The Labute approximate surface area is 167 Å². The van der Waals surface area contributed by atoms with Crippen LogP contribution in [0.1, 0.15) is 37.5 Å². The quantitative estimate of drug-likeness (QED) is 0.356. The van der Waals surface area contributed by atoms with Crippen molar-refractivity contribution in [2.24, 2.45) is 0 Å². The van der Waals surface area contributed by atoms with Crippen molar-refractivity contribution in [3.05, 3.63) is 89.6 Å². The van der Waals surface area contributed by atoms with Crippen molar-refractivity contribution >= 4 is 10.8 Å². The maximum absolute atomic E-state index is 4.87. The fourth-order valence-corrected chi connectivity index (χ4v) is 4.44. The zero-order valence-corrected chi connectivity index (χ0v) is 16.8. The van der Waals surface area contributed by atoms with Gasteiger partial charge in [-0.2, -0.15) is 0 Å². The highest BCUT2D eigenvalue weighted by Gasteiger charge is 2.20. The molecule has 0 atom stereocenters. The Bertz CT molecular complexity index is 1190. The van der Waals surface area contributed by atoms with Gasteiger partial charge in [0.2, 0.25) is 0 Å². The molecule has 1 aliphatic rings. The third-order valence-electron chi connectivity index (χ3n) is 5.92. The van der Waals surface area contributed by atoms with Crippen molar-refractivity contribution in [2.45, 2.75) is 39.0 Å². The topological polar surface area (TPSA) is 12.9 Å². The second-order valence-corrected chi connectivity index (χ2v) is 8.88. The number of hydrogen-bond donors (Lipinski definition) is 0. The molecule has 138 valence electrons. The number of hydrogen-bond acceptors (Lipinski definition) is 1. The number of aryl methyl sites for hydroxylation is 2. The first-order chi connectivity index (χ1) is 13.5. The maximum atomic E-state index is 4.87. The molecule has 0 amide bonds. The summed E-state index contributed by atoms with van der Waals surface area (Å²) < 4.78 is 0. The molecule has 0 saturated carbocycles. The maximum Gasteiger partial charge on any atom is 0.0708 e. The smallest absolute Gasteiger partial charge is 0.0708 e. The van der Waals surface area contributed by atoms with E-state index < -0.39 is 0 Å². The fraction of sp³-hybridized carbons (Fsp3) is 0.222. The van der Waals surface area contributed by atoms with Crippen LogP contribution in [0, 0.1) is 0 Å². The van der Waals surface area contributed by atoms with E-state index in [0.717, 1.165) is 18.5 Å². The molecule has 0 radical (unpaired) electrons. The van der Waals surface area contributed by atoms with Gasteiger partial charge in [0.1, 0.15) is 0 Å². The van der Waals surface area contributed by atoms with Crippen LogP contribution in [0.4, 0.5) is 0 Å². The molecule has 28 heavy (non-hydrogen) atoms. The zero-order chi connectivity index (χ0) is 19.3. The van der Waals surface area contributed by atoms with E-state index in [4.69, 9.17) is 4.98 Å². The molecular formula is C27H25N. The van der Waals surface area contributed by atoms with Gasteiger partial charge in [0.15, 0.2) is 0 Å². The lowest BCUT2D eigenvalue weighted by atomic mass is 9.81. The van der Waals surface area contributed by atoms with Crippen LogP contribution < -0.4 is 0 Å². The minimum absolute atomic E-state index is 0.0798. The summed E-state index contributed by atoms with van der Waals surface area (Å²) in [6.45, 7) is 6.86. The highest BCUT2D eigenvalue weighted by Crippen LogP contribution is 2.38. The normalized spacial score (nSPS) is 13.2. The van der Waals surface area contributed by atoms with Crippen LogP contribution >= 0.6 is 0 Å². The lowest BCUT2D eigenvalue weighted by Gasteiger charge is -2.23. The van der Waals surface area contributed by atoms with Crippen molar-refractivity contribution in [1.29, 1.82) is 0 Å². The summed E-state index contributed by atoms with van der Waals surface area (Å²) in [6, 6.07) is 24.4. The van der Waals surface area contributed by atoms with E-state index in [1.54, 1.807) is 0 Å². The first kappa shape index (κ1) is 17.2. The first-order valence-electron chi connectivity index (χ1n) is 10.1. The van der Waals surface area contributed by atoms with Crippen LogP contribution in [0.3, 0.4) is 0 Å². The predicted octanol–water partition coefficient (Wildman–Crippen LogP) is 6.96. The molecule has 3 aromatic carbocycles. The van der Waals surface area contributed by atoms with Crippen LogP contribution in [0.5, 0.6) is 0 Å².